The van der Waals surface area contributed by atoms with E-state index in [2.05, 4.69) is 5.16 Å². The van der Waals surface area contributed by atoms with Crippen molar-refractivity contribution in [2.75, 3.05) is 18.9 Å². The van der Waals surface area contributed by atoms with E-state index in [1.807, 2.05) is 13.8 Å². The fraction of sp³-hybridized carbons (Fsp3) is 0.636. The fourth-order valence-electron chi connectivity index (χ4n) is 1.66. The van der Waals surface area contributed by atoms with Crippen LogP contribution in [0.25, 0.3) is 0 Å². The molecule has 0 atom stereocenters. The van der Waals surface area contributed by atoms with Gasteiger partial charge >= 0.3 is 0 Å². The minimum absolute atomic E-state index is 0.0410. The third-order valence-electron chi connectivity index (χ3n) is 2.68. The lowest BCUT2D eigenvalue weighted by molar-refractivity contribution is -0.165. The van der Waals surface area contributed by atoms with Gasteiger partial charge in [0, 0.05) is 11.3 Å². The van der Waals surface area contributed by atoms with Crippen LogP contribution in [0.2, 0.25) is 0 Å². The predicted octanol–water partition coefficient (Wildman–Crippen LogP) is 1.69. The molecular formula is C11H16N2O3S. The molecule has 0 aliphatic carbocycles. The molecule has 0 radical (unpaired) electrons. The van der Waals surface area contributed by atoms with Crippen LogP contribution in [0.5, 0.6) is 0 Å². The van der Waals surface area contributed by atoms with Gasteiger partial charge in [-0.3, -0.25) is 9.63 Å². The number of carbonyl (C=O) groups excluding carboxylic acids is 1. The highest BCUT2D eigenvalue weighted by atomic mass is 32.2. The van der Waals surface area contributed by atoms with Gasteiger partial charge in [0.2, 0.25) is 0 Å². The Morgan fingerprint density at radius 3 is 2.94 bits per heavy atom. The smallest absolute Gasteiger partial charge is 0.256 e. The Morgan fingerprint density at radius 2 is 2.35 bits per heavy atom. The van der Waals surface area contributed by atoms with E-state index in [4.69, 9.17) is 9.36 Å². The second-order valence-corrected chi connectivity index (χ2v) is 4.96. The number of hydroxylamine groups is 2. The fourth-order valence-corrected chi connectivity index (χ4v) is 2.70. The second kappa shape index (κ2) is 5.55. The molecule has 1 aromatic rings. The molecule has 5 nitrogen and oxygen atoms in total. The summed E-state index contributed by atoms with van der Waals surface area (Å²) in [4.78, 5) is 16.9. The van der Waals surface area contributed by atoms with Crippen molar-refractivity contribution in [1.29, 1.82) is 0 Å². The second-order valence-electron chi connectivity index (χ2n) is 3.98. The number of hydrogen-bond acceptors (Lipinski definition) is 5. The number of amides is 1. The monoisotopic (exact) mass is 256 g/mol. The maximum absolute atomic E-state index is 11.7. The van der Waals surface area contributed by atoms with E-state index in [-0.39, 0.29) is 5.91 Å². The molecule has 1 saturated heterocycles. The van der Waals surface area contributed by atoms with Crippen molar-refractivity contribution in [2.24, 2.45) is 0 Å². The minimum atomic E-state index is 0.0410. The molecule has 0 spiro atoms. The topological polar surface area (TPSA) is 55.6 Å². The molecule has 1 fully saturated rings. The maximum Gasteiger partial charge on any atom is 0.256 e. The molecule has 1 aromatic heterocycles. The first-order chi connectivity index (χ1) is 8.18. The third kappa shape index (κ3) is 3.01. The van der Waals surface area contributed by atoms with Gasteiger partial charge in [-0.25, -0.2) is 5.06 Å². The van der Waals surface area contributed by atoms with Crippen LogP contribution in [-0.4, -0.2) is 35.0 Å². The van der Waals surface area contributed by atoms with E-state index in [9.17, 15) is 4.79 Å². The van der Waals surface area contributed by atoms with Crippen molar-refractivity contribution in [3.63, 3.8) is 0 Å². The molecule has 94 valence electrons. The third-order valence-corrected chi connectivity index (χ3v) is 3.63. The lowest BCUT2D eigenvalue weighted by atomic mass is 10.2. The zero-order chi connectivity index (χ0) is 12.3. The highest BCUT2D eigenvalue weighted by Gasteiger charge is 2.19. The van der Waals surface area contributed by atoms with E-state index < -0.39 is 0 Å². The highest BCUT2D eigenvalue weighted by Crippen LogP contribution is 2.20. The predicted molar refractivity (Wildman–Crippen MR) is 64.4 cm³/mol. The van der Waals surface area contributed by atoms with Crippen LogP contribution in [0, 0.1) is 13.8 Å². The van der Waals surface area contributed by atoms with E-state index in [0.29, 0.717) is 18.9 Å². The van der Waals surface area contributed by atoms with Crippen LogP contribution in [0.1, 0.15) is 23.4 Å². The molecule has 2 rings (SSSR count). The Kier molecular flexibility index (Phi) is 4.06. The maximum atomic E-state index is 11.7. The van der Waals surface area contributed by atoms with Crippen LogP contribution in [0.3, 0.4) is 0 Å². The Morgan fingerprint density at radius 1 is 1.53 bits per heavy atom. The molecule has 0 N–H and O–H groups in total. The van der Waals surface area contributed by atoms with Gasteiger partial charge in [-0.15, -0.1) is 11.8 Å². The number of rotatable bonds is 4. The molecular weight excluding hydrogens is 240 g/mol. The number of carbonyl (C=O) groups is 1. The lowest BCUT2D eigenvalue weighted by Crippen LogP contribution is -2.28. The molecule has 6 heteroatoms. The summed E-state index contributed by atoms with van der Waals surface area (Å²) < 4.78 is 5.07. The zero-order valence-electron chi connectivity index (χ0n) is 10.1. The molecule has 17 heavy (non-hydrogen) atoms. The summed E-state index contributed by atoms with van der Waals surface area (Å²) >= 11 is 1.56. The van der Waals surface area contributed by atoms with Crippen LogP contribution in [0.4, 0.5) is 0 Å². The van der Waals surface area contributed by atoms with Crippen molar-refractivity contribution in [2.45, 2.75) is 26.0 Å². The van der Waals surface area contributed by atoms with E-state index >= 15 is 0 Å². The number of hydrogen-bond donors (Lipinski definition) is 0. The summed E-state index contributed by atoms with van der Waals surface area (Å²) in [5.41, 5.74) is 1.99. The number of aromatic nitrogens is 1. The van der Waals surface area contributed by atoms with Crippen molar-refractivity contribution in [1.82, 2.24) is 10.2 Å². The summed E-state index contributed by atoms with van der Waals surface area (Å²) in [7, 11) is 0. The van der Waals surface area contributed by atoms with Gasteiger partial charge in [0.05, 0.1) is 24.6 Å². The van der Waals surface area contributed by atoms with Crippen LogP contribution in [0.15, 0.2) is 4.52 Å². The normalized spacial score (nSPS) is 15.5. The SMILES string of the molecule is Cc1noc(C)c1CSCC(=O)N1CCCO1. The van der Waals surface area contributed by atoms with Gasteiger partial charge in [-0.1, -0.05) is 5.16 Å². The largest absolute Gasteiger partial charge is 0.361 e. The van der Waals surface area contributed by atoms with Crippen molar-refractivity contribution in [3.8, 4) is 0 Å². The molecule has 0 saturated carbocycles. The van der Waals surface area contributed by atoms with Crippen molar-refractivity contribution < 1.29 is 14.2 Å². The number of nitrogens with zero attached hydrogens (tertiary/aromatic N) is 2. The van der Waals surface area contributed by atoms with Gasteiger partial charge in [-0.2, -0.15) is 0 Å². The molecule has 1 aliphatic rings. The summed E-state index contributed by atoms with van der Waals surface area (Å²) in [6.07, 6.45) is 0.931. The van der Waals surface area contributed by atoms with Crippen LogP contribution < -0.4 is 0 Å². The standard InChI is InChI=1S/C11H16N2O3S/c1-8-10(9(2)16-12-8)6-17-7-11(14)13-4-3-5-15-13/h3-7H2,1-2H3. The van der Waals surface area contributed by atoms with Gasteiger partial charge in [0.25, 0.3) is 5.91 Å². The van der Waals surface area contributed by atoms with Crippen LogP contribution >= 0.6 is 11.8 Å². The van der Waals surface area contributed by atoms with Crippen molar-refractivity contribution in [3.05, 3.63) is 17.0 Å². The summed E-state index contributed by atoms with van der Waals surface area (Å²) in [6, 6.07) is 0. The Labute approximate surface area is 104 Å². The minimum Gasteiger partial charge on any atom is -0.361 e. The average molecular weight is 256 g/mol. The van der Waals surface area contributed by atoms with Gasteiger partial charge in [0.1, 0.15) is 5.76 Å². The van der Waals surface area contributed by atoms with E-state index in [1.54, 1.807) is 11.8 Å². The first-order valence-corrected chi connectivity index (χ1v) is 6.76. The summed E-state index contributed by atoms with van der Waals surface area (Å²) in [5.74, 6) is 2.06. The first kappa shape index (κ1) is 12.4. The number of aryl methyl sites for hydroxylation is 2. The summed E-state index contributed by atoms with van der Waals surface area (Å²) in [6.45, 7) is 5.17. The first-order valence-electron chi connectivity index (χ1n) is 5.61. The summed E-state index contributed by atoms with van der Waals surface area (Å²) in [5, 5.41) is 5.34. The molecule has 0 bridgehead atoms. The molecule has 1 amide bonds. The highest BCUT2D eigenvalue weighted by molar-refractivity contribution is 7.99. The zero-order valence-corrected chi connectivity index (χ0v) is 10.9. The average Bonchev–Trinajstić information content (AvgIpc) is 2.93. The quantitative estimate of drug-likeness (QED) is 0.820. The van der Waals surface area contributed by atoms with Crippen LogP contribution in [-0.2, 0) is 15.4 Å². The molecule has 0 aromatic carbocycles. The van der Waals surface area contributed by atoms with E-state index in [1.165, 1.54) is 5.06 Å². The Hall–Kier alpha value is -1.01. The Balaban J connectivity index is 1.77. The van der Waals surface area contributed by atoms with Gasteiger partial charge in [0.15, 0.2) is 0 Å². The molecule has 2 heterocycles. The lowest BCUT2D eigenvalue weighted by Gasteiger charge is -2.13. The van der Waals surface area contributed by atoms with E-state index in [0.717, 1.165) is 29.2 Å². The van der Waals surface area contributed by atoms with Gasteiger partial charge < -0.3 is 4.52 Å². The van der Waals surface area contributed by atoms with Gasteiger partial charge in [-0.05, 0) is 20.3 Å². The number of thioether (sulfide) groups is 1. The Bertz CT molecular complexity index is 380. The van der Waals surface area contributed by atoms with Crippen molar-refractivity contribution >= 4 is 17.7 Å². The molecule has 1 aliphatic heterocycles. The molecule has 0 unspecified atom stereocenters.